The summed E-state index contributed by atoms with van der Waals surface area (Å²) in [6, 6.07) is 10.6. The lowest BCUT2D eigenvalue weighted by Crippen LogP contribution is -2.40. The van der Waals surface area contributed by atoms with Gasteiger partial charge < -0.3 is 20.5 Å². The molecule has 1 aromatic heterocycles. The summed E-state index contributed by atoms with van der Waals surface area (Å²) in [7, 11) is 1.52. The third-order valence-electron chi connectivity index (χ3n) is 3.71. The lowest BCUT2D eigenvalue weighted by molar-refractivity contribution is -0.141. The van der Waals surface area contributed by atoms with Crippen molar-refractivity contribution in [2.45, 2.75) is 6.42 Å². The van der Waals surface area contributed by atoms with Gasteiger partial charge in [-0.3, -0.25) is 14.4 Å². The van der Waals surface area contributed by atoms with Crippen molar-refractivity contribution in [3.63, 3.8) is 0 Å². The van der Waals surface area contributed by atoms with Crippen LogP contribution in [-0.4, -0.2) is 43.1 Å². The van der Waals surface area contributed by atoms with Crippen LogP contribution in [0.3, 0.4) is 0 Å². The topological polar surface area (TPSA) is 105 Å². The highest BCUT2D eigenvalue weighted by atomic mass is 32.1. The van der Waals surface area contributed by atoms with Crippen molar-refractivity contribution in [1.29, 1.82) is 0 Å². The minimum atomic E-state index is -1.01. The highest BCUT2D eigenvalue weighted by molar-refractivity contribution is 7.12. The van der Waals surface area contributed by atoms with Crippen LogP contribution in [0, 0.1) is 5.92 Å². The van der Waals surface area contributed by atoms with Gasteiger partial charge in [0.15, 0.2) is 0 Å². The number of para-hydroxylation sites is 1. The summed E-state index contributed by atoms with van der Waals surface area (Å²) in [6.45, 7) is -0.251. The molecule has 1 heterocycles. The first-order valence-corrected chi connectivity index (χ1v) is 8.82. The molecule has 0 aliphatic heterocycles. The minimum absolute atomic E-state index is 0.0406. The summed E-state index contributed by atoms with van der Waals surface area (Å²) in [5, 5.41) is 16.2. The summed E-state index contributed by atoms with van der Waals surface area (Å²) in [6.07, 6.45) is 0.223. The molecule has 138 valence electrons. The van der Waals surface area contributed by atoms with Gasteiger partial charge in [-0.2, -0.15) is 0 Å². The number of aliphatic carboxylic acids is 1. The van der Waals surface area contributed by atoms with Crippen molar-refractivity contribution in [2.24, 2.45) is 5.92 Å². The summed E-state index contributed by atoms with van der Waals surface area (Å²) < 4.78 is 5.23. The first kappa shape index (κ1) is 19.5. The van der Waals surface area contributed by atoms with Gasteiger partial charge >= 0.3 is 5.97 Å². The van der Waals surface area contributed by atoms with Crippen molar-refractivity contribution in [1.82, 2.24) is 10.6 Å². The number of ether oxygens (including phenoxy) is 1. The van der Waals surface area contributed by atoms with E-state index in [0.29, 0.717) is 10.6 Å². The number of hydrogen-bond donors (Lipinski definition) is 3. The average Bonchev–Trinajstić information content (AvgIpc) is 3.18. The number of hydrogen-bond acceptors (Lipinski definition) is 5. The molecule has 0 radical (unpaired) electrons. The van der Waals surface area contributed by atoms with E-state index in [1.165, 1.54) is 18.4 Å². The second kappa shape index (κ2) is 9.57. The highest BCUT2D eigenvalue weighted by Crippen LogP contribution is 2.21. The number of thiophene rings is 1. The summed E-state index contributed by atoms with van der Waals surface area (Å²) in [5.41, 5.74) is 0.752. The fraction of sp³-hybridized carbons (Fsp3) is 0.278. The van der Waals surface area contributed by atoms with Gasteiger partial charge in [0.2, 0.25) is 5.91 Å². The van der Waals surface area contributed by atoms with Gasteiger partial charge in [-0.05, 0) is 29.5 Å². The smallest absolute Gasteiger partial charge is 0.308 e. The van der Waals surface area contributed by atoms with Crippen molar-refractivity contribution in [2.75, 3.05) is 20.2 Å². The maximum Gasteiger partial charge on any atom is 0.308 e. The number of nitrogens with one attached hydrogen (secondary N) is 2. The van der Waals surface area contributed by atoms with Crippen LogP contribution < -0.4 is 15.4 Å². The molecule has 3 N–H and O–H groups in total. The monoisotopic (exact) mass is 376 g/mol. The molecule has 7 nitrogen and oxygen atoms in total. The largest absolute Gasteiger partial charge is 0.496 e. The van der Waals surface area contributed by atoms with Crippen molar-refractivity contribution >= 4 is 29.1 Å². The molecule has 2 amide bonds. The molecule has 2 rings (SSSR count). The third kappa shape index (κ3) is 5.59. The summed E-state index contributed by atoms with van der Waals surface area (Å²) in [5.74, 6) is -1.99. The second-order valence-corrected chi connectivity index (χ2v) is 6.46. The van der Waals surface area contributed by atoms with Crippen LogP contribution in [-0.2, 0) is 16.0 Å². The molecule has 0 aliphatic carbocycles. The van der Waals surface area contributed by atoms with Crippen LogP contribution in [0.1, 0.15) is 15.2 Å². The van der Waals surface area contributed by atoms with E-state index in [0.717, 1.165) is 5.56 Å². The fourth-order valence-electron chi connectivity index (χ4n) is 2.34. The van der Waals surface area contributed by atoms with E-state index in [1.54, 1.807) is 41.8 Å². The zero-order valence-corrected chi connectivity index (χ0v) is 15.0. The van der Waals surface area contributed by atoms with Crippen LogP contribution in [0.2, 0.25) is 0 Å². The normalized spacial score (nSPS) is 11.4. The van der Waals surface area contributed by atoms with Crippen LogP contribution in [0.15, 0.2) is 41.8 Å². The maximum atomic E-state index is 11.9. The summed E-state index contributed by atoms with van der Waals surface area (Å²) in [4.78, 5) is 35.6. The Morgan fingerprint density at radius 2 is 1.92 bits per heavy atom. The van der Waals surface area contributed by atoms with E-state index in [1.807, 2.05) is 0 Å². The minimum Gasteiger partial charge on any atom is -0.496 e. The van der Waals surface area contributed by atoms with E-state index >= 15 is 0 Å². The Morgan fingerprint density at radius 1 is 1.15 bits per heavy atom. The Labute approximate surface area is 155 Å². The van der Waals surface area contributed by atoms with Gasteiger partial charge in [0.25, 0.3) is 5.91 Å². The SMILES string of the molecule is COc1ccccc1CC(CNC(=O)CNC(=O)c1cccs1)C(=O)O. The van der Waals surface area contributed by atoms with E-state index in [4.69, 9.17) is 4.74 Å². The number of carboxylic acid groups (broad SMARTS) is 1. The molecule has 1 aromatic carbocycles. The van der Waals surface area contributed by atoms with Crippen molar-refractivity contribution < 1.29 is 24.2 Å². The highest BCUT2D eigenvalue weighted by Gasteiger charge is 2.21. The number of methoxy groups -OCH3 is 1. The van der Waals surface area contributed by atoms with Crippen LogP contribution in [0.25, 0.3) is 0 Å². The number of carbonyl (C=O) groups is 3. The first-order chi connectivity index (χ1) is 12.5. The van der Waals surface area contributed by atoms with Crippen LogP contribution >= 0.6 is 11.3 Å². The lowest BCUT2D eigenvalue weighted by Gasteiger charge is -2.15. The molecule has 26 heavy (non-hydrogen) atoms. The van der Waals surface area contributed by atoms with Gasteiger partial charge in [0.1, 0.15) is 5.75 Å². The third-order valence-corrected chi connectivity index (χ3v) is 4.58. The number of carbonyl (C=O) groups excluding carboxylic acids is 2. The molecular formula is C18H20N2O5S. The zero-order chi connectivity index (χ0) is 18.9. The second-order valence-electron chi connectivity index (χ2n) is 5.52. The van der Waals surface area contributed by atoms with Crippen LogP contribution in [0.4, 0.5) is 0 Å². The number of rotatable bonds is 9. The molecular weight excluding hydrogens is 356 g/mol. The zero-order valence-electron chi connectivity index (χ0n) is 14.2. The van der Waals surface area contributed by atoms with E-state index < -0.39 is 17.8 Å². The molecule has 0 fully saturated rings. The van der Waals surface area contributed by atoms with Crippen LogP contribution in [0.5, 0.6) is 5.75 Å². The Hall–Kier alpha value is -2.87. The van der Waals surface area contributed by atoms with Gasteiger partial charge in [-0.15, -0.1) is 11.3 Å². The predicted molar refractivity (Wildman–Crippen MR) is 97.5 cm³/mol. The molecule has 8 heteroatoms. The fourth-order valence-corrected chi connectivity index (χ4v) is 2.98. The van der Waals surface area contributed by atoms with Gasteiger partial charge in [0.05, 0.1) is 24.4 Å². The quantitative estimate of drug-likeness (QED) is 0.616. The Kier molecular flexibility index (Phi) is 7.16. The molecule has 0 bridgehead atoms. The molecule has 0 spiro atoms. The Balaban J connectivity index is 1.85. The van der Waals surface area contributed by atoms with Crippen molar-refractivity contribution in [3.8, 4) is 5.75 Å². The lowest BCUT2D eigenvalue weighted by atomic mass is 9.98. The molecule has 0 aliphatic rings. The number of benzene rings is 1. The van der Waals surface area contributed by atoms with Gasteiger partial charge in [-0.25, -0.2) is 0 Å². The average molecular weight is 376 g/mol. The standard InChI is InChI=1S/C18H20N2O5S/c1-25-14-6-3-2-5-12(14)9-13(18(23)24)10-19-16(21)11-20-17(22)15-7-4-8-26-15/h2-8,13H,9-11H2,1H3,(H,19,21)(H,20,22)(H,23,24). The molecule has 1 atom stereocenters. The van der Waals surface area contributed by atoms with Gasteiger partial charge in [0, 0.05) is 6.54 Å². The Bertz CT molecular complexity index is 761. The van der Waals surface area contributed by atoms with E-state index in [2.05, 4.69) is 10.6 Å². The Morgan fingerprint density at radius 3 is 2.58 bits per heavy atom. The molecule has 2 aromatic rings. The van der Waals surface area contributed by atoms with Gasteiger partial charge in [-0.1, -0.05) is 24.3 Å². The first-order valence-electron chi connectivity index (χ1n) is 7.94. The molecule has 1 unspecified atom stereocenters. The maximum absolute atomic E-state index is 11.9. The summed E-state index contributed by atoms with van der Waals surface area (Å²) >= 11 is 1.28. The van der Waals surface area contributed by atoms with Crippen molar-refractivity contribution in [3.05, 3.63) is 52.2 Å². The molecule has 0 saturated carbocycles. The predicted octanol–water partition coefficient (Wildman–Crippen LogP) is 1.55. The van der Waals surface area contributed by atoms with E-state index in [9.17, 15) is 19.5 Å². The number of amides is 2. The molecule has 0 saturated heterocycles. The van der Waals surface area contributed by atoms with E-state index in [-0.39, 0.29) is 25.4 Å². The number of carboxylic acids is 1.